The van der Waals surface area contributed by atoms with Gasteiger partial charge in [0.2, 0.25) is 0 Å². The molecule has 3 rings (SSSR count). The molecule has 0 saturated heterocycles. The van der Waals surface area contributed by atoms with Gasteiger partial charge in [-0.3, -0.25) is 4.79 Å². The molecule has 2 aromatic rings. The first kappa shape index (κ1) is 11.1. The van der Waals surface area contributed by atoms with Crippen molar-refractivity contribution < 1.29 is 4.79 Å². The summed E-state index contributed by atoms with van der Waals surface area (Å²) in [4.78, 5) is 12.2. The normalized spacial score (nSPS) is 17.5. The predicted molar refractivity (Wildman–Crippen MR) is 70.4 cm³/mol. The van der Waals surface area contributed by atoms with E-state index in [1.54, 1.807) is 0 Å². The Morgan fingerprint density at radius 3 is 2.89 bits per heavy atom. The van der Waals surface area contributed by atoms with Crippen LogP contribution >= 0.6 is 0 Å². The maximum Gasteiger partial charge on any atom is 0.268 e. The van der Waals surface area contributed by atoms with Crippen LogP contribution in [0.3, 0.4) is 0 Å². The van der Waals surface area contributed by atoms with Gasteiger partial charge in [-0.15, -0.1) is 0 Å². The van der Waals surface area contributed by atoms with Crippen LogP contribution in [0.15, 0.2) is 42.6 Å². The lowest BCUT2D eigenvalue weighted by atomic mass is 10.1. The molecule has 18 heavy (non-hydrogen) atoms. The standard InChI is InChI=1S/C15H16N2O/c1-17-10-4-7-14(17)15(18)16-13-9-8-11-5-2-3-6-12(11)13/h2-7,10,13H,8-9H2,1H3,(H,16,18). The Hall–Kier alpha value is -2.03. The summed E-state index contributed by atoms with van der Waals surface area (Å²) in [6.45, 7) is 0. The second-order valence-corrected chi connectivity index (χ2v) is 4.77. The average Bonchev–Trinajstić information content (AvgIpc) is 2.97. The molecule has 3 heteroatoms. The minimum atomic E-state index is 0.00389. The Morgan fingerprint density at radius 2 is 2.11 bits per heavy atom. The molecule has 0 bridgehead atoms. The molecule has 0 aliphatic heterocycles. The zero-order valence-corrected chi connectivity index (χ0v) is 10.4. The molecule has 1 amide bonds. The van der Waals surface area contributed by atoms with Gasteiger partial charge in [0.05, 0.1) is 6.04 Å². The molecular weight excluding hydrogens is 224 g/mol. The van der Waals surface area contributed by atoms with Gasteiger partial charge < -0.3 is 9.88 Å². The Kier molecular flexibility index (Phi) is 2.67. The van der Waals surface area contributed by atoms with Crippen molar-refractivity contribution in [1.29, 1.82) is 0 Å². The first-order valence-corrected chi connectivity index (χ1v) is 6.25. The topological polar surface area (TPSA) is 34.0 Å². The lowest BCUT2D eigenvalue weighted by Gasteiger charge is -2.14. The zero-order chi connectivity index (χ0) is 12.5. The highest BCUT2D eigenvalue weighted by Crippen LogP contribution is 2.30. The van der Waals surface area contributed by atoms with E-state index in [9.17, 15) is 4.79 Å². The predicted octanol–water partition coefficient (Wildman–Crippen LogP) is 2.44. The number of nitrogens with zero attached hydrogens (tertiary/aromatic N) is 1. The van der Waals surface area contributed by atoms with Gasteiger partial charge in [-0.25, -0.2) is 0 Å². The largest absolute Gasteiger partial charge is 0.347 e. The van der Waals surface area contributed by atoms with Crippen LogP contribution in [-0.4, -0.2) is 10.5 Å². The Morgan fingerprint density at radius 1 is 1.28 bits per heavy atom. The summed E-state index contributed by atoms with van der Waals surface area (Å²) in [7, 11) is 1.89. The van der Waals surface area contributed by atoms with Gasteiger partial charge in [-0.2, -0.15) is 0 Å². The first-order valence-electron chi connectivity index (χ1n) is 6.25. The van der Waals surface area contributed by atoms with Crippen LogP contribution < -0.4 is 5.32 Å². The summed E-state index contributed by atoms with van der Waals surface area (Å²) in [5.74, 6) is 0.00389. The molecule has 0 radical (unpaired) electrons. The van der Waals surface area contributed by atoms with Crippen LogP contribution in [-0.2, 0) is 13.5 Å². The SMILES string of the molecule is Cn1cccc1C(=O)NC1CCc2ccccc21. The summed E-state index contributed by atoms with van der Waals surface area (Å²) in [5.41, 5.74) is 3.33. The number of fused-ring (bicyclic) bond motifs is 1. The molecule has 1 aromatic carbocycles. The van der Waals surface area contributed by atoms with E-state index in [2.05, 4.69) is 23.5 Å². The molecule has 92 valence electrons. The van der Waals surface area contributed by atoms with Crippen LogP contribution in [0.2, 0.25) is 0 Å². The van der Waals surface area contributed by atoms with Gasteiger partial charge in [-0.1, -0.05) is 24.3 Å². The van der Waals surface area contributed by atoms with Crippen LogP contribution in [0, 0.1) is 0 Å². The van der Waals surface area contributed by atoms with Crippen molar-refractivity contribution >= 4 is 5.91 Å². The van der Waals surface area contributed by atoms with E-state index in [1.807, 2.05) is 36.0 Å². The van der Waals surface area contributed by atoms with Crippen LogP contribution in [0.5, 0.6) is 0 Å². The van der Waals surface area contributed by atoms with Crippen molar-refractivity contribution in [3.05, 3.63) is 59.4 Å². The van der Waals surface area contributed by atoms with E-state index < -0.39 is 0 Å². The van der Waals surface area contributed by atoms with Crippen molar-refractivity contribution in [3.8, 4) is 0 Å². The lowest BCUT2D eigenvalue weighted by molar-refractivity contribution is 0.0928. The maximum absolute atomic E-state index is 12.2. The minimum absolute atomic E-state index is 0.00389. The van der Waals surface area contributed by atoms with E-state index in [1.165, 1.54) is 11.1 Å². The molecule has 1 aliphatic rings. The summed E-state index contributed by atoms with van der Waals surface area (Å²) < 4.78 is 1.84. The number of carbonyl (C=O) groups is 1. The molecule has 0 fully saturated rings. The van der Waals surface area contributed by atoms with E-state index in [0.29, 0.717) is 5.69 Å². The molecule has 1 N–H and O–H groups in total. The van der Waals surface area contributed by atoms with Gasteiger partial charge in [0.15, 0.2) is 0 Å². The third kappa shape index (κ3) is 1.82. The van der Waals surface area contributed by atoms with Gasteiger partial charge in [0, 0.05) is 13.2 Å². The van der Waals surface area contributed by atoms with Crippen molar-refractivity contribution in [1.82, 2.24) is 9.88 Å². The van der Waals surface area contributed by atoms with Crippen LogP contribution in [0.1, 0.15) is 34.1 Å². The van der Waals surface area contributed by atoms with Crippen molar-refractivity contribution in [3.63, 3.8) is 0 Å². The number of benzene rings is 1. The van der Waals surface area contributed by atoms with Crippen LogP contribution in [0.4, 0.5) is 0 Å². The molecule has 1 unspecified atom stereocenters. The quantitative estimate of drug-likeness (QED) is 0.859. The third-order valence-corrected chi connectivity index (χ3v) is 3.61. The maximum atomic E-state index is 12.2. The highest BCUT2D eigenvalue weighted by molar-refractivity contribution is 5.93. The number of aryl methyl sites for hydroxylation is 2. The number of hydrogen-bond donors (Lipinski definition) is 1. The summed E-state index contributed by atoms with van der Waals surface area (Å²) in [6, 6.07) is 12.2. The van der Waals surface area contributed by atoms with E-state index in [0.717, 1.165) is 12.8 Å². The van der Waals surface area contributed by atoms with Gasteiger partial charge in [0.1, 0.15) is 5.69 Å². The summed E-state index contributed by atoms with van der Waals surface area (Å²) in [5, 5.41) is 3.12. The molecule has 0 spiro atoms. The molecule has 1 aromatic heterocycles. The summed E-state index contributed by atoms with van der Waals surface area (Å²) >= 11 is 0. The van der Waals surface area contributed by atoms with Crippen LogP contribution in [0.25, 0.3) is 0 Å². The van der Waals surface area contributed by atoms with Gasteiger partial charge in [0.25, 0.3) is 5.91 Å². The highest BCUT2D eigenvalue weighted by atomic mass is 16.2. The van der Waals surface area contributed by atoms with Gasteiger partial charge >= 0.3 is 0 Å². The van der Waals surface area contributed by atoms with Crippen molar-refractivity contribution in [2.24, 2.45) is 7.05 Å². The zero-order valence-electron chi connectivity index (χ0n) is 10.4. The van der Waals surface area contributed by atoms with E-state index >= 15 is 0 Å². The number of carbonyl (C=O) groups excluding carboxylic acids is 1. The Balaban J connectivity index is 1.79. The summed E-state index contributed by atoms with van der Waals surface area (Å²) in [6.07, 6.45) is 3.93. The average molecular weight is 240 g/mol. The molecular formula is C15H16N2O. The molecule has 1 atom stereocenters. The van der Waals surface area contributed by atoms with Gasteiger partial charge in [-0.05, 0) is 36.1 Å². The first-order chi connectivity index (χ1) is 8.75. The van der Waals surface area contributed by atoms with Crippen molar-refractivity contribution in [2.45, 2.75) is 18.9 Å². The monoisotopic (exact) mass is 240 g/mol. The molecule has 0 saturated carbocycles. The Bertz CT molecular complexity index is 586. The number of hydrogen-bond acceptors (Lipinski definition) is 1. The minimum Gasteiger partial charge on any atom is -0.347 e. The number of rotatable bonds is 2. The molecule has 1 aliphatic carbocycles. The van der Waals surface area contributed by atoms with E-state index in [4.69, 9.17) is 0 Å². The number of amides is 1. The second-order valence-electron chi connectivity index (χ2n) is 4.77. The Labute approximate surface area is 106 Å². The molecule has 1 heterocycles. The number of nitrogens with one attached hydrogen (secondary N) is 1. The third-order valence-electron chi connectivity index (χ3n) is 3.61. The lowest BCUT2D eigenvalue weighted by Crippen LogP contribution is -2.28. The highest BCUT2D eigenvalue weighted by Gasteiger charge is 2.24. The molecule has 3 nitrogen and oxygen atoms in total. The smallest absolute Gasteiger partial charge is 0.268 e. The number of aromatic nitrogens is 1. The van der Waals surface area contributed by atoms with E-state index in [-0.39, 0.29) is 11.9 Å². The fourth-order valence-corrected chi connectivity index (χ4v) is 2.64. The second kappa shape index (κ2) is 4.33. The van der Waals surface area contributed by atoms with Crippen molar-refractivity contribution in [2.75, 3.05) is 0 Å². The fraction of sp³-hybridized carbons (Fsp3) is 0.267. The fourth-order valence-electron chi connectivity index (χ4n) is 2.64.